The van der Waals surface area contributed by atoms with E-state index in [2.05, 4.69) is 5.32 Å². The van der Waals surface area contributed by atoms with Crippen molar-refractivity contribution in [1.29, 1.82) is 0 Å². The Morgan fingerprint density at radius 3 is 2.42 bits per heavy atom. The van der Waals surface area contributed by atoms with Crippen LogP contribution in [0.25, 0.3) is 0 Å². The van der Waals surface area contributed by atoms with Crippen LogP contribution in [0.5, 0.6) is 5.75 Å². The summed E-state index contributed by atoms with van der Waals surface area (Å²) in [5, 5.41) is 2.93. The molecule has 0 spiro atoms. The van der Waals surface area contributed by atoms with E-state index in [-0.39, 0.29) is 17.4 Å². The number of carbonyl (C=O) groups excluding carboxylic acids is 1. The predicted molar refractivity (Wildman–Crippen MR) is 77.0 cm³/mol. The Balaban J connectivity index is 2.80. The molecule has 0 aliphatic heterocycles. The first-order valence-electron chi connectivity index (χ1n) is 6.46. The number of benzene rings is 1. The number of para-hydroxylation sites is 1. The lowest BCUT2D eigenvalue weighted by molar-refractivity contribution is -0.125. The first-order chi connectivity index (χ1) is 8.77. The molecule has 1 aromatic rings. The maximum atomic E-state index is 12.1. The molecule has 0 aromatic heterocycles. The van der Waals surface area contributed by atoms with Crippen LogP contribution in [-0.4, -0.2) is 19.1 Å². The second kappa shape index (κ2) is 6.06. The molecular weight excluding hydrogens is 240 g/mol. The highest BCUT2D eigenvalue weighted by Gasteiger charge is 2.28. The molecule has 2 atom stereocenters. The maximum Gasteiger partial charge on any atom is 0.237 e. The summed E-state index contributed by atoms with van der Waals surface area (Å²) in [7, 11) is 1.62. The van der Waals surface area contributed by atoms with Crippen molar-refractivity contribution in [3.05, 3.63) is 29.8 Å². The summed E-state index contributed by atoms with van der Waals surface area (Å²) in [5.41, 5.74) is 6.63. The van der Waals surface area contributed by atoms with Gasteiger partial charge in [0.2, 0.25) is 5.91 Å². The van der Waals surface area contributed by atoms with Gasteiger partial charge in [0.25, 0.3) is 0 Å². The van der Waals surface area contributed by atoms with Gasteiger partial charge in [-0.1, -0.05) is 39.0 Å². The van der Waals surface area contributed by atoms with Gasteiger partial charge in [-0.3, -0.25) is 4.79 Å². The van der Waals surface area contributed by atoms with E-state index in [0.29, 0.717) is 0 Å². The molecule has 0 radical (unpaired) electrons. The quantitative estimate of drug-likeness (QED) is 0.876. The number of hydrogen-bond donors (Lipinski definition) is 2. The van der Waals surface area contributed by atoms with Crippen LogP contribution >= 0.6 is 0 Å². The largest absolute Gasteiger partial charge is 0.496 e. The molecule has 4 heteroatoms. The number of amides is 1. The molecular formula is C15H24N2O2. The van der Waals surface area contributed by atoms with E-state index < -0.39 is 6.04 Å². The zero-order valence-corrected chi connectivity index (χ0v) is 12.4. The minimum atomic E-state index is -0.537. The summed E-state index contributed by atoms with van der Waals surface area (Å²) in [6, 6.07) is 6.96. The Hall–Kier alpha value is -1.55. The second-order valence-electron chi connectivity index (χ2n) is 5.82. The summed E-state index contributed by atoms with van der Waals surface area (Å²) < 4.78 is 5.29. The van der Waals surface area contributed by atoms with Gasteiger partial charge in [-0.25, -0.2) is 0 Å². The van der Waals surface area contributed by atoms with E-state index in [0.717, 1.165) is 11.3 Å². The van der Waals surface area contributed by atoms with Gasteiger partial charge in [-0.05, 0) is 18.4 Å². The molecule has 19 heavy (non-hydrogen) atoms. The van der Waals surface area contributed by atoms with Crippen molar-refractivity contribution >= 4 is 5.91 Å². The summed E-state index contributed by atoms with van der Waals surface area (Å²) >= 11 is 0. The number of methoxy groups -OCH3 is 1. The van der Waals surface area contributed by atoms with Crippen LogP contribution in [0.1, 0.15) is 39.3 Å². The van der Waals surface area contributed by atoms with Gasteiger partial charge in [0.1, 0.15) is 5.75 Å². The zero-order valence-electron chi connectivity index (χ0n) is 12.4. The summed E-state index contributed by atoms with van der Waals surface area (Å²) in [4.78, 5) is 12.1. The van der Waals surface area contributed by atoms with Crippen molar-refractivity contribution in [1.82, 2.24) is 5.32 Å². The molecule has 1 rings (SSSR count). The van der Waals surface area contributed by atoms with Crippen molar-refractivity contribution in [2.75, 3.05) is 7.11 Å². The van der Waals surface area contributed by atoms with Crippen LogP contribution in [0, 0.1) is 5.41 Å². The summed E-state index contributed by atoms with van der Waals surface area (Å²) in [6.07, 6.45) is 0. The van der Waals surface area contributed by atoms with Crippen molar-refractivity contribution in [3.8, 4) is 5.75 Å². The number of carbonyl (C=O) groups is 1. The third-order valence-electron chi connectivity index (χ3n) is 3.18. The monoisotopic (exact) mass is 264 g/mol. The van der Waals surface area contributed by atoms with Gasteiger partial charge in [0.05, 0.1) is 19.2 Å². The molecule has 0 unspecified atom stereocenters. The van der Waals surface area contributed by atoms with Crippen molar-refractivity contribution < 1.29 is 9.53 Å². The van der Waals surface area contributed by atoms with E-state index in [4.69, 9.17) is 10.5 Å². The lowest BCUT2D eigenvalue weighted by atomic mass is 9.86. The van der Waals surface area contributed by atoms with Crippen LogP contribution in [0.4, 0.5) is 0 Å². The number of rotatable bonds is 4. The van der Waals surface area contributed by atoms with Crippen molar-refractivity contribution in [3.63, 3.8) is 0 Å². The van der Waals surface area contributed by atoms with Crippen molar-refractivity contribution in [2.24, 2.45) is 11.1 Å². The third-order valence-corrected chi connectivity index (χ3v) is 3.18. The van der Waals surface area contributed by atoms with E-state index in [1.54, 1.807) is 7.11 Å². The Kier molecular flexibility index (Phi) is 4.95. The normalized spacial score (nSPS) is 14.6. The standard InChI is InChI=1S/C15H24N2O2/c1-10(11-8-6-7-9-12(11)19-5)17-14(18)13(16)15(2,3)4/h6-10,13H,16H2,1-5H3,(H,17,18)/t10-,13-/m0/s1. The van der Waals surface area contributed by atoms with Crippen LogP contribution in [0.15, 0.2) is 24.3 Å². The maximum absolute atomic E-state index is 12.1. The second-order valence-corrected chi connectivity index (χ2v) is 5.82. The smallest absolute Gasteiger partial charge is 0.237 e. The molecule has 3 N–H and O–H groups in total. The number of nitrogens with two attached hydrogens (primary N) is 1. The Labute approximate surface area is 115 Å². The summed E-state index contributed by atoms with van der Waals surface area (Å²) in [6.45, 7) is 7.77. The minimum Gasteiger partial charge on any atom is -0.496 e. The molecule has 0 heterocycles. The van der Waals surface area contributed by atoms with Gasteiger partial charge in [0, 0.05) is 5.56 Å². The fraction of sp³-hybridized carbons (Fsp3) is 0.533. The molecule has 1 amide bonds. The first kappa shape index (κ1) is 15.5. The predicted octanol–water partition coefficient (Wildman–Crippen LogP) is 2.25. The van der Waals surface area contributed by atoms with Crippen LogP contribution in [0.2, 0.25) is 0 Å². The third kappa shape index (κ3) is 3.96. The van der Waals surface area contributed by atoms with Gasteiger partial charge in [-0.2, -0.15) is 0 Å². The highest BCUT2D eigenvalue weighted by atomic mass is 16.5. The Bertz CT molecular complexity index is 438. The fourth-order valence-corrected chi connectivity index (χ4v) is 1.80. The van der Waals surface area contributed by atoms with Gasteiger partial charge >= 0.3 is 0 Å². The lowest BCUT2D eigenvalue weighted by Gasteiger charge is -2.27. The lowest BCUT2D eigenvalue weighted by Crippen LogP contribution is -2.49. The molecule has 0 bridgehead atoms. The highest BCUT2D eigenvalue weighted by molar-refractivity contribution is 5.82. The molecule has 1 aromatic carbocycles. The van der Waals surface area contributed by atoms with Gasteiger partial charge in [-0.15, -0.1) is 0 Å². The molecule has 0 aliphatic rings. The van der Waals surface area contributed by atoms with E-state index in [1.165, 1.54) is 0 Å². The average Bonchev–Trinajstić information content (AvgIpc) is 2.36. The Morgan fingerprint density at radius 1 is 1.32 bits per heavy atom. The molecule has 106 valence electrons. The van der Waals surface area contributed by atoms with E-state index >= 15 is 0 Å². The van der Waals surface area contributed by atoms with Crippen LogP contribution in [-0.2, 0) is 4.79 Å². The number of nitrogens with one attached hydrogen (secondary N) is 1. The topological polar surface area (TPSA) is 64.3 Å². The minimum absolute atomic E-state index is 0.142. The highest BCUT2D eigenvalue weighted by Crippen LogP contribution is 2.25. The molecule has 0 saturated carbocycles. The molecule has 0 fully saturated rings. The average molecular weight is 264 g/mol. The van der Waals surface area contributed by atoms with Crippen molar-refractivity contribution in [2.45, 2.75) is 39.8 Å². The number of hydrogen-bond acceptors (Lipinski definition) is 3. The van der Waals surface area contributed by atoms with E-state index in [1.807, 2.05) is 52.0 Å². The Morgan fingerprint density at radius 2 is 1.89 bits per heavy atom. The SMILES string of the molecule is COc1ccccc1[C@H](C)NC(=O)[C@H](N)C(C)(C)C. The number of ether oxygens (including phenoxy) is 1. The molecule has 0 aliphatic carbocycles. The summed E-state index contributed by atoms with van der Waals surface area (Å²) in [5.74, 6) is 0.616. The van der Waals surface area contributed by atoms with E-state index in [9.17, 15) is 4.79 Å². The fourth-order valence-electron chi connectivity index (χ4n) is 1.80. The van der Waals surface area contributed by atoms with Crippen LogP contribution in [0.3, 0.4) is 0 Å². The van der Waals surface area contributed by atoms with Gasteiger partial charge < -0.3 is 15.8 Å². The zero-order chi connectivity index (χ0) is 14.6. The van der Waals surface area contributed by atoms with Crippen LogP contribution < -0.4 is 15.8 Å². The van der Waals surface area contributed by atoms with Gasteiger partial charge in [0.15, 0.2) is 0 Å². The molecule has 0 saturated heterocycles. The molecule has 4 nitrogen and oxygen atoms in total. The first-order valence-corrected chi connectivity index (χ1v) is 6.46.